The number of furan rings is 2. The van der Waals surface area contributed by atoms with Gasteiger partial charge in [0.15, 0.2) is 0 Å². The first-order valence-electron chi connectivity index (χ1n) is 17.1. The van der Waals surface area contributed by atoms with Gasteiger partial charge in [-0.15, -0.1) is 0 Å². The number of hydrogen-bond donors (Lipinski definition) is 0. The van der Waals surface area contributed by atoms with Gasteiger partial charge < -0.3 is 8.83 Å². The van der Waals surface area contributed by atoms with Crippen LogP contribution in [-0.4, -0.2) is 0 Å². The second-order valence-corrected chi connectivity index (χ2v) is 13.2. The van der Waals surface area contributed by atoms with Gasteiger partial charge in [-0.05, 0) is 78.8 Å². The van der Waals surface area contributed by atoms with Gasteiger partial charge in [-0.25, -0.2) is 0 Å². The third-order valence-electron chi connectivity index (χ3n) is 10.4. The molecule has 0 aliphatic rings. The summed E-state index contributed by atoms with van der Waals surface area (Å²) in [7, 11) is 0. The maximum atomic E-state index is 6.78. The lowest BCUT2D eigenvalue weighted by Gasteiger charge is -2.18. The van der Waals surface area contributed by atoms with Gasteiger partial charge in [-0.1, -0.05) is 146 Å². The molecule has 0 saturated carbocycles. The zero-order valence-electron chi connectivity index (χ0n) is 27.0. The van der Waals surface area contributed by atoms with Crippen LogP contribution in [0.15, 0.2) is 179 Å². The van der Waals surface area contributed by atoms with Gasteiger partial charge in [0.1, 0.15) is 22.3 Å². The smallest absolute Gasteiger partial charge is 0.147 e. The summed E-state index contributed by atoms with van der Waals surface area (Å²) in [6.07, 6.45) is 0. The van der Waals surface area contributed by atoms with Crippen LogP contribution in [0.25, 0.3) is 110 Å². The van der Waals surface area contributed by atoms with E-state index in [2.05, 4.69) is 158 Å². The van der Waals surface area contributed by atoms with Crippen molar-refractivity contribution in [2.75, 3.05) is 0 Å². The summed E-state index contributed by atoms with van der Waals surface area (Å²) in [5.74, 6) is 0. The summed E-state index contributed by atoms with van der Waals surface area (Å²) in [5.41, 5.74) is 10.4. The lowest BCUT2D eigenvalue weighted by Crippen LogP contribution is -1.92. The SMILES string of the molecule is c1ccc2cc(-c3ccc(-c4c5ccccc5c(-c5c6oc7ccccc7c6cc6c5oc5ccccc56)c5ccccc45)cc3)ccc2c1. The van der Waals surface area contributed by atoms with Crippen molar-refractivity contribution >= 4 is 76.2 Å². The van der Waals surface area contributed by atoms with Crippen molar-refractivity contribution in [3.8, 4) is 33.4 Å². The van der Waals surface area contributed by atoms with E-state index in [1.165, 1.54) is 43.8 Å². The quantitative estimate of drug-likeness (QED) is 0.180. The van der Waals surface area contributed by atoms with Gasteiger partial charge in [-0.2, -0.15) is 0 Å². The summed E-state index contributed by atoms with van der Waals surface area (Å²) in [6, 6.07) is 60.8. The molecule has 0 radical (unpaired) electrons. The fraction of sp³-hybridized carbons (Fsp3) is 0. The molecule has 232 valence electrons. The molecule has 11 aromatic rings. The van der Waals surface area contributed by atoms with E-state index in [9.17, 15) is 0 Å². The van der Waals surface area contributed by atoms with Crippen molar-refractivity contribution in [1.29, 1.82) is 0 Å². The van der Waals surface area contributed by atoms with Crippen molar-refractivity contribution in [1.82, 2.24) is 0 Å². The molecule has 0 amide bonds. The van der Waals surface area contributed by atoms with Crippen LogP contribution >= 0.6 is 0 Å². The average Bonchev–Trinajstić information content (AvgIpc) is 3.74. The largest absolute Gasteiger partial charge is 0.455 e. The van der Waals surface area contributed by atoms with E-state index >= 15 is 0 Å². The average molecular weight is 637 g/mol. The predicted molar refractivity (Wildman–Crippen MR) is 210 cm³/mol. The first kappa shape index (κ1) is 27.3. The molecule has 0 unspecified atom stereocenters. The Balaban J connectivity index is 1.22. The third kappa shape index (κ3) is 3.90. The molecule has 50 heavy (non-hydrogen) atoms. The van der Waals surface area contributed by atoms with E-state index in [1.807, 2.05) is 12.1 Å². The summed E-state index contributed by atoms with van der Waals surface area (Å²) >= 11 is 0. The highest BCUT2D eigenvalue weighted by Gasteiger charge is 2.25. The van der Waals surface area contributed by atoms with Gasteiger partial charge in [0, 0.05) is 27.1 Å². The number of para-hydroxylation sites is 2. The van der Waals surface area contributed by atoms with Gasteiger partial charge >= 0.3 is 0 Å². The highest BCUT2D eigenvalue weighted by atomic mass is 16.3. The normalized spacial score (nSPS) is 12.0. The summed E-state index contributed by atoms with van der Waals surface area (Å²) in [5, 5.41) is 11.6. The van der Waals surface area contributed by atoms with E-state index in [1.54, 1.807) is 0 Å². The highest BCUT2D eigenvalue weighted by molar-refractivity contribution is 6.29. The minimum atomic E-state index is 0.848. The molecule has 0 aliphatic carbocycles. The van der Waals surface area contributed by atoms with E-state index in [4.69, 9.17) is 8.83 Å². The molecule has 2 aromatic heterocycles. The molecule has 2 heterocycles. The Morgan fingerprint density at radius 1 is 0.260 bits per heavy atom. The van der Waals surface area contributed by atoms with Gasteiger partial charge in [0.05, 0.1) is 5.56 Å². The number of hydrogen-bond acceptors (Lipinski definition) is 2. The van der Waals surface area contributed by atoms with E-state index in [0.717, 1.165) is 65.8 Å². The van der Waals surface area contributed by atoms with E-state index in [-0.39, 0.29) is 0 Å². The molecule has 9 aromatic carbocycles. The van der Waals surface area contributed by atoms with Crippen LogP contribution in [-0.2, 0) is 0 Å². The highest BCUT2D eigenvalue weighted by Crippen LogP contribution is 2.50. The van der Waals surface area contributed by atoms with Crippen molar-refractivity contribution in [3.05, 3.63) is 170 Å². The predicted octanol–water partition coefficient (Wildman–Crippen LogP) is 13.9. The molecule has 0 spiro atoms. The van der Waals surface area contributed by atoms with Crippen molar-refractivity contribution in [3.63, 3.8) is 0 Å². The molecule has 0 fully saturated rings. The minimum absolute atomic E-state index is 0.848. The zero-order chi connectivity index (χ0) is 32.8. The minimum Gasteiger partial charge on any atom is -0.455 e. The van der Waals surface area contributed by atoms with Crippen LogP contribution in [0.3, 0.4) is 0 Å². The number of fused-ring (bicyclic) bond motifs is 9. The van der Waals surface area contributed by atoms with Crippen LogP contribution in [0.5, 0.6) is 0 Å². The number of rotatable bonds is 3. The number of benzene rings is 9. The lowest BCUT2D eigenvalue weighted by atomic mass is 9.85. The molecule has 2 nitrogen and oxygen atoms in total. The second-order valence-electron chi connectivity index (χ2n) is 13.2. The van der Waals surface area contributed by atoms with E-state index in [0.29, 0.717) is 0 Å². The first-order valence-corrected chi connectivity index (χ1v) is 17.1. The Hall–Kier alpha value is -6.64. The fourth-order valence-electron chi connectivity index (χ4n) is 8.17. The van der Waals surface area contributed by atoms with Gasteiger partial charge in [0.25, 0.3) is 0 Å². The van der Waals surface area contributed by atoms with Crippen LogP contribution in [0.2, 0.25) is 0 Å². The Kier molecular flexibility index (Phi) is 5.70. The van der Waals surface area contributed by atoms with Gasteiger partial charge in [0.2, 0.25) is 0 Å². The molecule has 0 saturated heterocycles. The van der Waals surface area contributed by atoms with Crippen molar-refractivity contribution in [2.45, 2.75) is 0 Å². The molecule has 2 heteroatoms. The molecule has 0 aliphatic heterocycles. The summed E-state index contributed by atoms with van der Waals surface area (Å²) in [4.78, 5) is 0. The van der Waals surface area contributed by atoms with Crippen LogP contribution < -0.4 is 0 Å². The molecule has 0 N–H and O–H groups in total. The molecule has 11 rings (SSSR count). The lowest BCUT2D eigenvalue weighted by molar-refractivity contribution is 0.658. The van der Waals surface area contributed by atoms with E-state index < -0.39 is 0 Å². The Labute approximate surface area is 287 Å². The fourth-order valence-corrected chi connectivity index (χ4v) is 8.17. The molecular weight excluding hydrogens is 609 g/mol. The van der Waals surface area contributed by atoms with Crippen LogP contribution in [0, 0.1) is 0 Å². The third-order valence-corrected chi connectivity index (χ3v) is 10.4. The summed E-state index contributed by atoms with van der Waals surface area (Å²) < 4.78 is 13.6. The van der Waals surface area contributed by atoms with Crippen LogP contribution in [0.4, 0.5) is 0 Å². The van der Waals surface area contributed by atoms with Crippen LogP contribution in [0.1, 0.15) is 0 Å². The zero-order valence-corrected chi connectivity index (χ0v) is 27.0. The Bertz CT molecular complexity index is 2990. The Morgan fingerprint density at radius 3 is 1.28 bits per heavy atom. The van der Waals surface area contributed by atoms with Crippen molar-refractivity contribution < 1.29 is 8.83 Å². The molecular formula is C48H28O2. The van der Waals surface area contributed by atoms with Crippen molar-refractivity contribution in [2.24, 2.45) is 0 Å². The maximum absolute atomic E-state index is 6.78. The topological polar surface area (TPSA) is 26.3 Å². The molecule has 0 atom stereocenters. The van der Waals surface area contributed by atoms with Gasteiger partial charge in [-0.3, -0.25) is 0 Å². The first-order chi connectivity index (χ1) is 24.8. The maximum Gasteiger partial charge on any atom is 0.147 e. The summed E-state index contributed by atoms with van der Waals surface area (Å²) in [6.45, 7) is 0. The second kappa shape index (κ2) is 10.4. The molecule has 0 bridgehead atoms. The monoisotopic (exact) mass is 636 g/mol. The Morgan fingerprint density at radius 2 is 0.700 bits per heavy atom. The standard InChI is InChI=1S/C48H28O2/c1-2-12-32-27-33(26-23-29(32)11-1)30-21-24-31(25-22-30)44-36-15-3-5-17-38(36)45(39-18-6-4-16-37(39)44)46-47-40(34-13-7-9-19-42(34)49-47)28-41-35-14-8-10-20-43(35)50-48(41)46/h1-28H.